The number of fused-ring (bicyclic) bond motifs is 2. The summed E-state index contributed by atoms with van der Waals surface area (Å²) in [6.07, 6.45) is 8.82. The van der Waals surface area contributed by atoms with E-state index in [2.05, 4.69) is 18.7 Å². The van der Waals surface area contributed by atoms with Gasteiger partial charge in [0.2, 0.25) is 0 Å². The van der Waals surface area contributed by atoms with E-state index >= 15 is 0 Å². The molecule has 0 spiro atoms. The first-order valence-electron chi connectivity index (χ1n) is 6.68. The molecule has 1 saturated carbocycles. The van der Waals surface area contributed by atoms with Crippen LogP contribution in [0.25, 0.3) is 0 Å². The minimum absolute atomic E-state index is 0.534. The predicted molar refractivity (Wildman–Crippen MR) is 69.5 cm³/mol. The molecule has 3 atom stereocenters. The molecule has 0 saturated heterocycles. The highest BCUT2D eigenvalue weighted by atomic mass is 16.5. The van der Waals surface area contributed by atoms with E-state index in [1.807, 2.05) is 13.8 Å². The maximum atomic E-state index is 9.59. The topological polar surface area (TPSA) is 29.5 Å². The van der Waals surface area contributed by atoms with Crippen molar-refractivity contribution < 1.29 is 9.84 Å². The summed E-state index contributed by atoms with van der Waals surface area (Å²) >= 11 is 0. The SMILES string of the molecule is C=C(OCCCC(C)(C)O)C1CC2C=CC1C2. The second-order valence-electron chi connectivity index (χ2n) is 6.12. The molecule has 0 aromatic heterocycles. The smallest absolute Gasteiger partial charge is 0.0925 e. The van der Waals surface area contributed by atoms with Gasteiger partial charge in [0.15, 0.2) is 0 Å². The Morgan fingerprint density at radius 3 is 2.71 bits per heavy atom. The molecule has 0 aliphatic heterocycles. The molecule has 0 amide bonds. The maximum absolute atomic E-state index is 9.59. The van der Waals surface area contributed by atoms with Crippen LogP contribution in [0.1, 0.15) is 39.5 Å². The van der Waals surface area contributed by atoms with E-state index in [0.29, 0.717) is 18.4 Å². The lowest BCUT2D eigenvalue weighted by Gasteiger charge is -2.22. The summed E-state index contributed by atoms with van der Waals surface area (Å²) in [7, 11) is 0. The fourth-order valence-corrected chi connectivity index (χ4v) is 2.97. The summed E-state index contributed by atoms with van der Waals surface area (Å²) in [4.78, 5) is 0. The van der Waals surface area contributed by atoms with E-state index in [-0.39, 0.29) is 0 Å². The van der Waals surface area contributed by atoms with Crippen LogP contribution in [0.3, 0.4) is 0 Å². The van der Waals surface area contributed by atoms with Gasteiger partial charge in [-0.05, 0) is 51.4 Å². The number of allylic oxidation sites excluding steroid dienone is 3. The monoisotopic (exact) mass is 236 g/mol. The number of hydrogen-bond acceptors (Lipinski definition) is 2. The third-order valence-electron chi connectivity index (χ3n) is 3.91. The Labute approximate surface area is 104 Å². The Bertz CT molecular complexity index is 311. The summed E-state index contributed by atoms with van der Waals surface area (Å²) in [5.41, 5.74) is -0.583. The van der Waals surface area contributed by atoms with Crippen LogP contribution in [0.2, 0.25) is 0 Å². The molecule has 96 valence electrons. The van der Waals surface area contributed by atoms with Crippen LogP contribution in [0, 0.1) is 17.8 Å². The van der Waals surface area contributed by atoms with E-state index in [1.54, 1.807) is 0 Å². The zero-order valence-electron chi connectivity index (χ0n) is 11.0. The predicted octanol–water partition coefficient (Wildman–Crippen LogP) is 3.28. The van der Waals surface area contributed by atoms with E-state index in [4.69, 9.17) is 4.74 Å². The number of rotatable bonds is 6. The van der Waals surface area contributed by atoms with E-state index in [1.165, 1.54) is 12.8 Å². The largest absolute Gasteiger partial charge is 0.498 e. The summed E-state index contributed by atoms with van der Waals surface area (Å²) in [5, 5.41) is 9.59. The van der Waals surface area contributed by atoms with Gasteiger partial charge >= 0.3 is 0 Å². The van der Waals surface area contributed by atoms with E-state index < -0.39 is 5.60 Å². The molecular formula is C15H24O2. The van der Waals surface area contributed by atoms with Gasteiger partial charge in [0.05, 0.1) is 18.0 Å². The third-order valence-corrected chi connectivity index (χ3v) is 3.91. The zero-order valence-corrected chi connectivity index (χ0v) is 11.0. The molecule has 2 aliphatic rings. The van der Waals surface area contributed by atoms with E-state index in [9.17, 15) is 5.11 Å². The highest BCUT2D eigenvalue weighted by molar-refractivity contribution is 5.16. The molecule has 2 rings (SSSR count). The molecule has 2 nitrogen and oxygen atoms in total. The van der Waals surface area contributed by atoms with Crippen LogP contribution in [0.4, 0.5) is 0 Å². The van der Waals surface area contributed by atoms with Crippen molar-refractivity contribution in [3.05, 3.63) is 24.5 Å². The van der Waals surface area contributed by atoms with Crippen LogP contribution >= 0.6 is 0 Å². The minimum atomic E-state index is -0.583. The molecule has 1 N–H and O–H groups in total. The second kappa shape index (κ2) is 4.85. The third kappa shape index (κ3) is 3.35. The lowest BCUT2D eigenvalue weighted by atomic mass is 9.92. The first-order valence-corrected chi connectivity index (χ1v) is 6.68. The van der Waals surface area contributed by atoms with Gasteiger partial charge in [-0.1, -0.05) is 18.7 Å². The number of aliphatic hydroxyl groups is 1. The molecule has 2 aliphatic carbocycles. The van der Waals surface area contributed by atoms with Gasteiger partial charge in [0, 0.05) is 5.92 Å². The second-order valence-corrected chi connectivity index (χ2v) is 6.12. The fourth-order valence-electron chi connectivity index (χ4n) is 2.97. The van der Waals surface area contributed by atoms with Crippen molar-refractivity contribution in [2.75, 3.05) is 6.61 Å². The molecule has 0 heterocycles. The molecule has 17 heavy (non-hydrogen) atoms. The molecule has 0 aromatic carbocycles. The maximum Gasteiger partial charge on any atom is 0.0925 e. The summed E-state index contributed by atoms with van der Waals surface area (Å²) in [6.45, 7) is 8.42. The minimum Gasteiger partial charge on any atom is -0.498 e. The molecule has 3 unspecified atom stereocenters. The molecule has 2 bridgehead atoms. The standard InChI is InChI=1S/C15H24O2/c1-11(17-8-4-7-15(2,3)16)14-10-12-5-6-13(14)9-12/h5-6,12-14,16H,1,4,7-10H2,2-3H3. The molecule has 0 aromatic rings. The normalized spacial score (nSPS) is 30.9. The van der Waals surface area contributed by atoms with Crippen LogP contribution in [-0.2, 0) is 4.74 Å². The Kier molecular flexibility index (Phi) is 3.62. The summed E-state index contributed by atoms with van der Waals surface area (Å²) in [5.74, 6) is 2.92. The molecule has 0 radical (unpaired) electrons. The van der Waals surface area contributed by atoms with Crippen molar-refractivity contribution in [2.45, 2.75) is 45.1 Å². The van der Waals surface area contributed by atoms with Gasteiger partial charge in [0.1, 0.15) is 0 Å². The zero-order chi connectivity index (χ0) is 12.5. The van der Waals surface area contributed by atoms with Crippen molar-refractivity contribution in [1.29, 1.82) is 0 Å². The van der Waals surface area contributed by atoms with Crippen LogP contribution in [-0.4, -0.2) is 17.3 Å². The first-order chi connectivity index (χ1) is 7.96. The highest BCUT2D eigenvalue weighted by Gasteiger charge is 2.37. The lowest BCUT2D eigenvalue weighted by Crippen LogP contribution is -2.19. The van der Waals surface area contributed by atoms with E-state index in [0.717, 1.165) is 24.5 Å². The van der Waals surface area contributed by atoms with Crippen molar-refractivity contribution in [3.63, 3.8) is 0 Å². The average molecular weight is 236 g/mol. The van der Waals surface area contributed by atoms with Crippen LogP contribution in [0.15, 0.2) is 24.5 Å². The van der Waals surface area contributed by atoms with Gasteiger partial charge in [0.25, 0.3) is 0 Å². The lowest BCUT2D eigenvalue weighted by molar-refractivity contribution is 0.0576. The first kappa shape index (κ1) is 12.7. The molecule has 2 heteroatoms. The number of hydrogen-bond donors (Lipinski definition) is 1. The Morgan fingerprint density at radius 1 is 1.41 bits per heavy atom. The quantitative estimate of drug-likeness (QED) is 0.435. The Balaban J connectivity index is 1.67. The average Bonchev–Trinajstić information content (AvgIpc) is 2.84. The molecular weight excluding hydrogens is 212 g/mol. The Hall–Kier alpha value is -0.760. The van der Waals surface area contributed by atoms with Gasteiger partial charge in [-0.2, -0.15) is 0 Å². The Morgan fingerprint density at radius 2 is 2.18 bits per heavy atom. The van der Waals surface area contributed by atoms with Gasteiger partial charge < -0.3 is 9.84 Å². The van der Waals surface area contributed by atoms with Crippen molar-refractivity contribution >= 4 is 0 Å². The number of ether oxygens (including phenoxy) is 1. The summed E-state index contributed by atoms with van der Waals surface area (Å²) in [6, 6.07) is 0. The van der Waals surface area contributed by atoms with Crippen molar-refractivity contribution in [1.82, 2.24) is 0 Å². The van der Waals surface area contributed by atoms with Gasteiger partial charge in [-0.15, -0.1) is 0 Å². The summed E-state index contributed by atoms with van der Waals surface area (Å²) < 4.78 is 5.73. The van der Waals surface area contributed by atoms with Crippen LogP contribution < -0.4 is 0 Å². The highest BCUT2D eigenvalue weighted by Crippen LogP contribution is 2.46. The fraction of sp³-hybridized carbons (Fsp3) is 0.733. The van der Waals surface area contributed by atoms with Crippen LogP contribution in [0.5, 0.6) is 0 Å². The molecule has 1 fully saturated rings. The van der Waals surface area contributed by atoms with Crippen molar-refractivity contribution in [2.24, 2.45) is 17.8 Å². The van der Waals surface area contributed by atoms with Gasteiger partial charge in [-0.3, -0.25) is 0 Å². The van der Waals surface area contributed by atoms with Gasteiger partial charge in [-0.25, -0.2) is 0 Å². The van der Waals surface area contributed by atoms with Crippen molar-refractivity contribution in [3.8, 4) is 0 Å².